The summed E-state index contributed by atoms with van der Waals surface area (Å²) in [4.78, 5) is 14.5. The minimum atomic E-state index is 0.414. The molecule has 1 aliphatic rings. The van der Waals surface area contributed by atoms with Crippen LogP contribution in [0.2, 0.25) is 0 Å². The van der Waals surface area contributed by atoms with E-state index >= 15 is 0 Å². The number of nitrogens with one attached hydrogen (secondary N) is 1. The molecule has 1 N–H and O–H groups in total. The Balaban J connectivity index is 1.79. The van der Waals surface area contributed by atoms with Crippen molar-refractivity contribution in [2.75, 3.05) is 7.05 Å². The average Bonchev–Trinajstić information content (AvgIpc) is 3.16. The third-order valence-corrected chi connectivity index (χ3v) is 3.87. The third-order valence-electron chi connectivity index (χ3n) is 3.87. The molecule has 0 bridgehead atoms. The molecule has 4 heteroatoms. The lowest BCUT2D eigenvalue weighted by Gasteiger charge is -2.27. The van der Waals surface area contributed by atoms with E-state index in [4.69, 9.17) is 0 Å². The molecule has 2 heterocycles. The topological polar surface area (TPSA) is 44.8 Å². The molecule has 0 radical (unpaired) electrons. The second-order valence-electron chi connectivity index (χ2n) is 5.43. The van der Waals surface area contributed by atoms with Crippen LogP contribution in [0.15, 0.2) is 30.7 Å². The van der Waals surface area contributed by atoms with Crippen molar-refractivity contribution in [2.45, 2.75) is 32.4 Å². The highest BCUT2D eigenvalue weighted by Crippen LogP contribution is 2.43. The Morgan fingerprint density at radius 2 is 2.21 bits per heavy atom. The second-order valence-corrected chi connectivity index (χ2v) is 5.43. The normalized spacial score (nSPS) is 16.8. The van der Waals surface area contributed by atoms with E-state index in [2.05, 4.69) is 46.0 Å². The number of H-pyrrole nitrogens is 1. The zero-order chi connectivity index (χ0) is 13.2. The van der Waals surface area contributed by atoms with E-state index in [1.54, 1.807) is 6.33 Å². The van der Waals surface area contributed by atoms with E-state index in [1.807, 2.05) is 12.3 Å². The van der Waals surface area contributed by atoms with Crippen molar-refractivity contribution in [1.82, 2.24) is 19.9 Å². The van der Waals surface area contributed by atoms with Gasteiger partial charge in [-0.05, 0) is 44.9 Å². The van der Waals surface area contributed by atoms with Gasteiger partial charge < -0.3 is 4.98 Å². The molecule has 100 valence electrons. The zero-order valence-corrected chi connectivity index (χ0v) is 11.5. The predicted molar refractivity (Wildman–Crippen MR) is 74.5 cm³/mol. The van der Waals surface area contributed by atoms with Crippen molar-refractivity contribution in [3.05, 3.63) is 47.8 Å². The van der Waals surface area contributed by atoms with Crippen LogP contribution >= 0.6 is 0 Å². The number of rotatable bonds is 5. The molecule has 4 nitrogen and oxygen atoms in total. The largest absolute Gasteiger partial charge is 0.348 e. The molecule has 0 aromatic carbocycles. The summed E-state index contributed by atoms with van der Waals surface area (Å²) in [7, 11) is 2.17. The Bertz CT molecular complexity index is 530. The molecular weight excluding hydrogens is 236 g/mol. The van der Waals surface area contributed by atoms with Crippen LogP contribution in [-0.4, -0.2) is 26.9 Å². The molecule has 0 saturated heterocycles. The third kappa shape index (κ3) is 2.68. The Morgan fingerprint density at radius 3 is 2.79 bits per heavy atom. The maximum Gasteiger partial charge on any atom is 0.0925 e. The summed E-state index contributed by atoms with van der Waals surface area (Å²) >= 11 is 0. The molecule has 3 rings (SSSR count). The van der Waals surface area contributed by atoms with Gasteiger partial charge in [0.25, 0.3) is 0 Å². The van der Waals surface area contributed by atoms with Gasteiger partial charge in [0.05, 0.1) is 23.8 Å². The lowest BCUT2D eigenvalue weighted by molar-refractivity contribution is 0.205. The molecule has 1 aliphatic carbocycles. The van der Waals surface area contributed by atoms with Crippen LogP contribution in [0.25, 0.3) is 0 Å². The summed E-state index contributed by atoms with van der Waals surface area (Å²) in [6.45, 7) is 2.94. The lowest BCUT2D eigenvalue weighted by Crippen LogP contribution is -2.27. The van der Waals surface area contributed by atoms with Gasteiger partial charge in [-0.1, -0.05) is 6.07 Å². The summed E-state index contributed by atoms with van der Waals surface area (Å²) in [5, 5.41) is 0. The number of pyridine rings is 1. The van der Waals surface area contributed by atoms with E-state index in [1.165, 1.54) is 18.5 Å². The van der Waals surface area contributed by atoms with E-state index in [-0.39, 0.29) is 0 Å². The summed E-state index contributed by atoms with van der Waals surface area (Å²) in [5.74, 6) is 0.749. The Labute approximate surface area is 113 Å². The molecule has 2 aromatic heterocycles. The maximum atomic E-state index is 4.54. The number of hydrogen-bond donors (Lipinski definition) is 1. The molecule has 19 heavy (non-hydrogen) atoms. The van der Waals surface area contributed by atoms with Crippen molar-refractivity contribution in [3.8, 4) is 0 Å². The number of imidazole rings is 1. The fourth-order valence-corrected chi connectivity index (χ4v) is 2.67. The van der Waals surface area contributed by atoms with E-state index < -0.39 is 0 Å². The van der Waals surface area contributed by atoms with Crippen LogP contribution in [0.1, 0.15) is 36.0 Å². The first-order chi connectivity index (χ1) is 9.25. The molecule has 0 spiro atoms. The van der Waals surface area contributed by atoms with Crippen molar-refractivity contribution >= 4 is 0 Å². The van der Waals surface area contributed by atoms with Gasteiger partial charge in [-0.3, -0.25) is 9.88 Å². The second kappa shape index (κ2) is 5.13. The number of nitrogens with zero attached hydrogens (tertiary/aromatic N) is 3. The van der Waals surface area contributed by atoms with E-state index in [0.29, 0.717) is 6.04 Å². The van der Waals surface area contributed by atoms with Crippen LogP contribution < -0.4 is 0 Å². The highest BCUT2D eigenvalue weighted by molar-refractivity contribution is 5.14. The molecule has 2 aromatic rings. The Kier molecular flexibility index (Phi) is 3.34. The first-order valence-electron chi connectivity index (χ1n) is 6.85. The highest BCUT2D eigenvalue weighted by atomic mass is 15.2. The molecule has 1 atom stereocenters. The van der Waals surface area contributed by atoms with Crippen molar-refractivity contribution < 1.29 is 0 Å². The van der Waals surface area contributed by atoms with Crippen LogP contribution in [0.3, 0.4) is 0 Å². The van der Waals surface area contributed by atoms with Gasteiger partial charge in [0.15, 0.2) is 0 Å². The Hall–Kier alpha value is -1.68. The van der Waals surface area contributed by atoms with Gasteiger partial charge in [-0.15, -0.1) is 0 Å². The van der Waals surface area contributed by atoms with Crippen LogP contribution in [-0.2, 0) is 6.54 Å². The minimum absolute atomic E-state index is 0.414. The molecule has 0 amide bonds. The first kappa shape index (κ1) is 12.4. The number of hydrogen-bond acceptors (Lipinski definition) is 3. The quantitative estimate of drug-likeness (QED) is 0.894. The van der Waals surface area contributed by atoms with Crippen LogP contribution in [0.4, 0.5) is 0 Å². The molecule has 1 saturated carbocycles. The zero-order valence-electron chi connectivity index (χ0n) is 11.5. The summed E-state index contributed by atoms with van der Waals surface area (Å²) < 4.78 is 0. The minimum Gasteiger partial charge on any atom is -0.348 e. The van der Waals surface area contributed by atoms with Gasteiger partial charge in [0.2, 0.25) is 0 Å². The van der Waals surface area contributed by atoms with E-state index in [0.717, 1.165) is 23.9 Å². The fraction of sp³-hybridized carbons (Fsp3) is 0.467. The first-order valence-corrected chi connectivity index (χ1v) is 6.85. The number of aromatic amines is 1. The van der Waals surface area contributed by atoms with Gasteiger partial charge in [0, 0.05) is 18.4 Å². The molecular formula is C15H20N4. The smallest absolute Gasteiger partial charge is 0.0925 e. The average molecular weight is 256 g/mol. The van der Waals surface area contributed by atoms with E-state index in [9.17, 15) is 0 Å². The number of aromatic nitrogens is 3. The summed E-state index contributed by atoms with van der Waals surface area (Å²) in [6, 6.07) is 6.60. The summed E-state index contributed by atoms with van der Waals surface area (Å²) in [5.41, 5.74) is 3.46. The van der Waals surface area contributed by atoms with Crippen molar-refractivity contribution in [3.63, 3.8) is 0 Å². The van der Waals surface area contributed by atoms with Gasteiger partial charge in [-0.25, -0.2) is 4.98 Å². The van der Waals surface area contributed by atoms with Gasteiger partial charge in [0.1, 0.15) is 0 Å². The monoisotopic (exact) mass is 256 g/mol. The van der Waals surface area contributed by atoms with Crippen molar-refractivity contribution in [2.24, 2.45) is 5.92 Å². The molecule has 1 fully saturated rings. The standard InChI is InChI=1S/C15H20N4/c1-11-14(18-10-17-11)9-19(2)15(12-6-7-12)13-5-3-4-8-16-13/h3-5,8,10,12,15H,6-7,9H2,1-2H3,(H,17,18). The lowest BCUT2D eigenvalue weighted by atomic mass is 10.1. The summed E-state index contributed by atoms with van der Waals surface area (Å²) in [6.07, 6.45) is 6.28. The fourth-order valence-electron chi connectivity index (χ4n) is 2.67. The van der Waals surface area contributed by atoms with Crippen molar-refractivity contribution in [1.29, 1.82) is 0 Å². The van der Waals surface area contributed by atoms with Gasteiger partial charge in [-0.2, -0.15) is 0 Å². The van der Waals surface area contributed by atoms with Crippen LogP contribution in [0, 0.1) is 12.8 Å². The predicted octanol–water partition coefficient (Wildman–Crippen LogP) is 2.70. The number of aryl methyl sites for hydroxylation is 1. The highest BCUT2D eigenvalue weighted by Gasteiger charge is 2.35. The molecule has 0 aliphatic heterocycles. The maximum absolute atomic E-state index is 4.54. The molecule has 1 unspecified atom stereocenters. The van der Waals surface area contributed by atoms with Crippen LogP contribution in [0.5, 0.6) is 0 Å². The van der Waals surface area contributed by atoms with Gasteiger partial charge >= 0.3 is 0 Å². The Morgan fingerprint density at radius 1 is 1.37 bits per heavy atom. The SMILES string of the molecule is Cc1[nH]cnc1CN(C)C(c1ccccn1)C1CC1.